The van der Waals surface area contributed by atoms with E-state index >= 15 is 0 Å². The van der Waals surface area contributed by atoms with Crippen molar-refractivity contribution in [3.63, 3.8) is 0 Å². The van der Waals surface area contributed by atoms with E-state index in [2.05, 4.69) is 64.8 Å². The highest BCUT2D eigenvalue weighted by atomic mass is 16.5. The average Bonchev–Trinajstić information content (AvgIpc) is 2.87. The second-order valence-corrected chi connectivity index (χ2v) is 5.92. The average molecular weight is 310 g/mol. The number of nitrogens with zero attached hydrogens (tertiary/aromatic N) is 1. The predicted octanol–water partition coefficient (Wildman–Crippen LogP) is 3.47. The summed E-state index contributed by atoms with van der Waals surface area (Å²) < 4.78 is 5.92. The number of para-hydroxylation sites is 1. The van der Waals surface area contributed by atoms with Crippen LogP contribution in [0.4, 0.5) is 0 Å². The lowest BCUT2D eigenvalue weighted by Gasteiger charge is -2.32. The molecule has 2 aromatic carbocycles. The summed E-state index contributed by atoms with van der Waals surface area (Å²) in [6.45, 7) is 7.04. The van der Waals surface area contributed by atoms with Gasteiger partial charge in [-0.25, -0.2) is 0 Å². The van der Waals surface area contributed by atoms with E-state index in [4.69, 9.17) is 4.74 Å². The molecule has 1 aliphatic rings. The van der Waals surface area contributed by atoms with Crippen LogP contribution in [0, 0.1) is 0 Å². The molecule has 1 N–H and O–H groups in total. The third-order valence-electron chi connectivity index (χ3n) is 4.37. The minimum Gasteiger partial charge on any atom is -0.494 e. The van der Waals surface area contributed by atoms with Crippen LogP contribution in [0.2, 0.25) is 0 Å². The molecule has 3 rings (SSSR count). The molecule has 0 aliphatic carbocycles. The molecule has 1 unspecified atom stereocenters. The van der Waals surface area contributed by atoms with Gasteiger partial charge < -0.3 is 10.1 Å². The van der Waals surface area contributed by atoms with Crippen LogP contribution in [0.5, 0.6) is 5.75 Å². The van der Waals surface area contributed by atoms with Gasteiger partial charge in [-0.2, -0.15) is 0 Å². The van der Waals surface area contributed by atoms with Gasteiger partial charge in [0.25, 0.3) is 0 Å². The predicted molar refractivity (Wildman–Crippen MR) is 95.0 cm³/mol. The van der Waals surface area contributed by atoms with Crippen LogP contribution in [0.3, 0.4) is 0 Å². The maximum Gasteiger partial charge on any atom is 0.124 e. The van der Waals surface area contributed by atoms with E-state index in [0.29, 0.717) is 6.61 Å². The molecule has 0 saturated carbocycles. The third-order valence-corrected chi connectivity index (χ3v) is 4.37. The fourth-order valence-electron chi connectivity index (χ4n) is 3.34. The summed E-state index contributed by atoms with van der Waals surface area (Å²) in [6.07, 6.45) is 1.18. The topological polar surface area (TPSA) is 24.5 Å². The summed E-state index contributed by atoms with van der Waals surface area (Å²) in [7, 11) is 0. The van der Waals surface area contributed by atoms with Gasteiger partial charge in [0, 0.05) is 25.2 Å². The Labute approximate surface area is 139 Å². The molecule has 0 radical (unpaired) electrons. The fourth-order valence-corrected chi connectivity index (χ4v) is 3.34. The molecule has 1 aliphatic heterocycles. The number of rotatable bonds is 5. The molecule has 1 fully saturated rings. The van der Waals surface area contributed by atoms with E-state index in [-0.39, 0.29) is 6.04 Å². The van der Waals surface area contributed by atoms with Crippen LogP contribution in [-0.4, -0.2) is 37.7 Å². The molecule has 122 valence electrons. The first-order valence-corrected chi connectivity index (χ1v) is 8.61. The van der Waals surface area contributed by atoms with Crippen molar-refractivity contribution >= 4 is 0 Å². The Kier molecular flexibility index (Phi) is 5.67. The monoisotopic (exact) mass is 310 g/mol. The smallest absolute Gasteiger partial charge is 0.124 e. The van der Waals surface area contributed by atoms with Crippen LogP contribution in [-0.2, 0) is 0 Å². The Balaban J connectivity index is 2.01. The summed E-state index contributed by atoms with van der Waals surface area (Å²) in [5.74, 6) is 1.00. The van der Waals surface area contributed by atoms with Crippen molar-refractivity contribution in [1.82, 2.24) is 10.2 Å². The molecule has 0 aromatic heterocycles. The molecule has 0 bridgehead atoms. The Morgan fingerprint density at radius 1 is 1.00 bits per heavy atom. The quantitative estimate of drug-likeness (QED) is 0.915. The van der Waals surface area contributed by atoms with E-state index in [1.807, 2.05) is 6.92 Å². The van der Waals surface area contributed by atoms with Crippen LogP contribution in [0.25, 0.3) is 0 Å². The van der Waals surface area contributed by atoms with Crippen LogP contribution in [0.1, 0.15) is 30.5 Å². The molecule has 1 atom stereocenters. The maximum atomic E-state index is 5.92. The van der Waals surface area contributed by atoms with Crippen LogP contribution < -0.4 is 10.1 Å². The minimum absolute atomic E-state index is 0.249. The lowest BCUT2D eigenvalue weighted by Crippen LogP contribution is -2.33. The second-order valence-electron chi connectivity index (χ2n) is 5.92. The van der Waals surface area contributed by atoms with Crippen molar-refractivity contribution in [2.75, 3.05) is 32.8 Å². The largest absolute Gasteiger partial charge is 0.494 e. The van der Waals surface area contributed by atoms with Crippen molar-refractivity contribution in [1.29, 1.82) is 0 Å². The Hall–Kier alpha value is -1.84. The lowest BCUT2D eigenvalue weighted by atomic mass is 9.96. The highest BCUT2D eigenvalue weighted by Gasteiger charge is 2.25. The minimum atomic E-state index is 0.249. The lowest BCUT2D eigenvalue weighted by molar-refractivity contribution is 0.233. The SMILES string of the molecule is CCOc1ccccc1C(c1ccccc1)N1CCCNCC1. The standard InChI is InChI=1S/C20H26N2O/c1-2-23-19-12-7-6-11-18(19)20(17-9-4-3-5-10-17)22-15-8-13-21-14-16-22/h3-7,9-12,20-21H,2,8,13-16H2,1H3. The zero-order valence-corrected chi connectivity index (χ0v) is 13.9. The van der Waals surface area contributed by atoms with Crippen molar-refractivity contribution in [3.8, 4) is 5.75 Å². The summed E-state index contributed by atoms with van der Waals surface area (Å²) in [5, 5.41) is 3.50. The van der Waals surface area contributed by atoms with Gasteiger partial charge in [0.15, 0.2) is 0 Å². The Morgan fingerprint density at radius 3 is 2.61 bits per heavy atom. The molecule has 1 saturated heterocycles. The molecule has 0 amide bonds. The third kappa shape index (κ3) is 3.92. The number of benzene rings is 2. The molecule has 2 aromatic rings. The first kappa shape index (κ1) is 16.0. The zero-order chi connectivity index (χ0) is 15.9. The van der Waals surface area contributed by atoms with E-state index in [1.165, 1.54) is 17.5 Å². The molecule has 3 nitrogen and oxygen atoms in total. The molecule has 1 heterocycles. The zero-order valence-electron chi connectivity index (χ0n) is 13.9. The molecule has 0 spiro atoms. The van der Waals surface area contributed by atoms with Crippen molar-refractivity contribution in [3.05, 3.63) is 65.7 Å². The van der Waals surface area contributed by atoms with Gasteiger partial charge in [-0.15, -0.1) is 0 Å². The van der Waals surface area contributed by atoms with Gasteiger partial charge in [-0.3, -0.25) is 4.90 Å². The van der Waals surface area contributed by atoms with E-state index in [9.17, 15) is 0 Å². The number of ether oxygens (including phenoxy) is 1. The molecule has 23 heavy (non-hydrogen) atoms. The van der Waals surface area contributed by atoms with Crippen molar-refractivity contribution in [2.45, 2.75) is 19.4 Å². The van der Waals surface area contributed by atoms with Gasteiger partial charge in [0.05, 0.1) is 12.6 Å². The number of hydrogen-bond acceptors (Lipinski definition) is 3. The van der Waals surface area contributed by atoms with E-state index in [1.54, 1.807) is 0 Å². The van der Waals surface area contributed by atoms with E-state index in [0.717, 1.165) is 31.9 Å². The van der Waals surface area contributed by atoms with Gasteiger partial charge >= 0.3 is 0 Å². The van der Waals surface area contributed by atoms with Gasteiger partial charge in [-0.05, 0) is 31.5 Å². The Bertz CT molecular complexity index is 592. The highest BCUT2D eigenvalue weighted by Crippen LogP contribution is 2.35. The van der Waals surface area contributed by atoms with E-state index < -0.39 is 0 Å². The summed E-state index contributed by atoms with van der Waals surface area (Å²) >= 11 is 0. The number of nitrogens with one attached hydrogen (secondary N) is 1. The molecule has 3 heteroatoms. The second kappa shape index (κ2) is 8.14. The first-order chi connectivity index (χ1) is 11.4. The Morgan fingerprint density at radius 2 is 1.78 bits per heavy atom. The summed E-state index contributed by atoms with van der Waals surface area (Å²) in [5.41, 5.74) is 2.60. The van der Waals surface area contributed by atoms with Crippen LogP contribution in [0.15, 0.2) is 54.6 Å². The van der Waals surface area contributed by atoms with Gasteiger partial charge in [-0.1, -0.05) is 48.5 Å². The summed E-state index contributed by atoms with van der Waals surface area (Å²) in [4.78, 5) is 2.58. The normalized spacial score (nSPS) is 17.4. The maximum absolute atomic E-state index is 5.92. The van der Waals surface area contributed by atoms with Crippen LogP contribution >= 0.6 is 0 Å². The van der Waals surface area contributed by atoms with Gasteiger partial charge in [0.2, 0.25) is 0 Å². The fraction of sp³-hybridized carbons (Fsp3) is 0.400. The molecular formula is C20H26N2O. The van der Waals surface area contributed by atoms with Crippen molar-refractivity contribution < 1.29 is 4.74 Å². The highest BCUT2D eigenvalue weighted by molar-refractivity contribution is 5.41. The first-order valence-electron chi connectivity index (χ1n) is 8.61. The van der Waals surface area contributed by atoms with Gasteiger partial charge in [0.1, 0.15) is 5.75 Å². The van der Waals surface area contributed by atoms with Crippen molar-refractivity contribution in [2.24, 2.45) is 0 Å². The molecular weight excluding hydrogens is 284 g/mol. The number of hydrogen-bond donors (Lipinski definition) is 1. The summed E-state index contributed by atoms with van der Waals surface area (Å²) in [6, 6.07) is 19.5.